The fraction of sp³-hybridized carbons (Fsp3) is 0.312. The van der Waals surface area contributed by atoms with Gasteiger partial charge in [0.05, 0.1) is 5.75 Å². The Kier molecular flexibility index (Phi) is 7.22. The van der Waals surface area contributed by atoms with E-state index in [1.807, 2.05) is 0 Å². The molecule has 0 radical (unpaired) electrons. The van der Waals surface area contributed by atoms with Crippen LogP contribution in [0.15, 0.2) is 42.1 Å². The first-order valence-corrected chi connectivity index (χ1v) is 8.64. The Morgan fingerprint density at radius 2 is 2.00 bits per heavy atom. The topological polar surface area (TPSA) is 69.0 Å². The molecule has 0 aliphatic rings. The summed E-state index contributed by atoms with van der Waals surface area (Å²) in [5, 5.41) is 10.0. The van der Waals surface area contributed by atoms with Crippen LogP contribution in [0, 0.1) is 5.82 Å². The molecule has 27 heavy (non-hydrogen) atoms. The van der Waals surface area contributed by atoms with Gasteiger partial charge in [-0.2, -0.15) is 13.2 Å². The van der Waals surface area contributed by atoms with Gasteiger partial charge in [0.2, 0.25) is 5.91 Å². The summed E-state index contributed by atoms with van der Waals surface area (Å²) >= 11 is 0.947. The lowest BCUT2D eigenvalue weighted by Crippen LogP contribution is -2.34. The number of benzene rings is 1. The van der Waals surface area contributed by atoms with E-state index < -0.39 is 18.6 Å². The van der Waals surface area contributed by atoms with Crippen LogP contribution in [-0.2, 0) is 17.9 Å². The van der Waals surface area contributed by atoms with Crippen molar-refractivity contribution in [1.29, 1.82) is 0 Å². The van der Waals surface area contributed by atoms with Gasteiger partial charge < -0.3 is 10.1 Å². The van der Waals surface area contributed by atoms with E-state index in [2.05, 4.69) is 16.8 Å². The lowest BCUT2D eigenvalue weighted by Gasteiger charge is -2.10. The van der Waals surface area contributed by atoms with Crippen molar-refractivity contribution in [1.82, 2.24) is 20.1 Å². The number of nitrogens with zero attached hydrogens (tertiary/aromatic N) is 3. The van der Waals surface area contributed by atoms with Crippen LogP contribution in [0.1, 0.15) is 5.82 Å². The highest BCUT2D eigenvalue weighted by molar-refractivity contribution is 7.99. The van der Waals surface area contributed by atoms with Gasteiger partial charge in [0.15, 0.2) is 11.0 Å². The minimum absolute atomic E-state index is 0.0350. The number of alkyl halides is 3. The van der Waals surface area contributed by atoms with Crippen LogP contribution in [0.5, 0.6) is 5.75 Å². The summed E-state index contributed by atoms with van der Waals surface area (Å²) in [6.45, 7) is 2.59. The van der Waals surface area contributed by atoms with Gasteiger partial charge >= 0.3 is 6.18 Å². The Hall–Kier alpha value is -2.56. The molecule has 1 aromatic heterocycles. The molecule has 0 aliphatic carbocycles. The first-order chi connectivity index (χ1) is 12.8. The molecule has 0 saturated carbocycles. The largest absolute Gasteiger partial charge is 0.486 e. The van der Waals surface area contributed by atoms with Gasteiger partial charge in [-0.15, -0.1) is 16.8 Å². The molecule has 6 nitrogen and oxygen atoms in total. The predicted octanol–water partition coefficient (Wildman–Crippen LogP) is 2.95. The molecule has 0 atom stereocenters. The molecule has 1 heterocycles. The summed E-state index contributed by atoms with van der Waals surface area (Å²) in [7, 11) is 0. The molecule has 0 aliphatic heterocycles. The number of nitrogens with one attached hydrogen (secondary N) is 1. The van der Waals surface area contributed by atoms with Crippen LogP contribution in [0.4, 0.5) is 17.6 Å². The molecule has 2 rings (SSSR count). The second-order valence-electron chi connectivity index (χ2n) is 5.22. The average Bonchev–Trinajstić information content (AvgIpc) is 2.99. The lowest BCUT2D eigenvalue weighted by atomic mass is 10.3. The smallest absolute Gasteiger partial charge is 0.405 e. The summed E-state index contributed by atoms with van der Waals surface area (Å²) < 4.78 is 56.3. The van der Waals surface area contributed by atoms with Gasteiger partial charge in [0.1, 0.15) is 24.7 Å². The minimum Gasteiger partial charge on any atom is -0.486 e. The molecule has 2 aromatic rings. The standard InChI is InChI=1S/C16H16F4N4O2S/c1-2-7-24-13(8-26-12-5-3-11(17)4-6-12)22-23-15(24)27-9-14(25)21-10-16(18,19)20/h2-6H,1,7-10H2,(H,21,25). The molecule has 1 N–H and O–H groups in total. The number of allylic oxidation sites excluding steroid dienone is 1. The Morgan fingerprint density at radius 1 is 1.30 bits per heavy atom. The molecular weight excluding hydrogens is 388 g/mol. The molecule has 0 bridgehead atoms. The van der Waals surface area contributed by atoms with E-state index in [1.165, 1.54) is 24.3 Å². The molecule has 0 saturated heterocycles. The summed E-state index contributed by atoms with van der Waals surface area (Å²) in [6.07, 6.45) is -2.88. The summed E-state index contributed by atoms with van der Waals surface area (Å²) in [4.78, 5) is 11.5. The van der Waals surface area contributed by atoms with Crippen LogP contribution in [0.3, 0.4) is 0 Å². The number of hydrogen-bond acceptors (Lipinski definition) is 5. The van der Waals surface area contributed by atoms with E-state index in [9.17, 15) is 22.4 Å². The van der Waals surface area contributed by atoms with E-state index in [0.717, 1.165) is 11.8 Å². The maximum Gasteiger partial charge on any atom is 0.405 e. The van der Waals surface area contributed by atoms with Crippen LogP contribution in [-0.4, -0.2) is 39.1 Å². The molecule has 0 spiro atoms. The number of rotatable bonds is 9. The number of aromatic nitrogens is 3. The van der Waals surface area contributed by atoms with Gasteiger partial charge in [-0.25, -0.2) is 4.39 Å². The Labute approximate surface area is 156 Å². The Bertz CT molecular complexity index is 778. The van der Waals surface area contributed by atoms with Gasteiger partial charge in [0.25, 0.3) is 0 Å². The molecule has 146 valence electrons. The fourth-order valence-corrected chi connectivity index (χ4v) is 2.70. The number of hydrogen-bond donors (Lipinski definition) is 1. The lowest BCUT2D eigenvalue weighted by molar-refractivity contribution is -0.136. The van der Waals surface area contributed by atoms with Crippen LogP contribution in [0.2, 0.25) is 0 Å². The van der Waals surface area contributed by atoms with Crippen molar-refractivity contribution in [3.63, 3.8) is 0 Å². The summed E-state index contributed by atoms with van der Waals surface area (Å²) in [5.41, 5.74) is 0. The van der Waals surface area contributed by atoms with Gasteiger partial charge in [-0.05, 0) is 24.3 Å². The van der Waals surface area contributed by atoms with Crippen molar-refractivity contribution in [3.05, 3.63) is 48.6 Å². The van der Waals surface area contributed by atoms with Crippen molar-refractivity contribution >= 4 is 17.7 Å². The number of thioether (sulfide) groups is 1. The molecule has 1 amide bonds. The zero-order valence-corrected chi connectivity index (χ0v) is 14.8. The highest BCUT2D eigenvalue weighted by Gasteiger charge is 2.27. The third-order valence-corrected chi connectivity index (χ3v) is 4.07. The van der Waals surface area contributed by atoms with Crippen molar-refractivity contribution in [2.45, 2.75) is 24.5 Å². The molecular formula is C16H16F4N4O2S. The van der Waals surface area contributed by atoms with E-state index in [0.29, 0.717) is 23.3 Å². The van der Waals surface area contributed by atoms with Crippen molar-refractivity contribution < 1.29 is 27.1 Å². The Balaban J connectivity index is 1.96. The van der Waals surface area contributed by atoms with Crippen LogP contribution in [0.25, 0.3) is 0 Å². The zero-order chi connectivity index (χ0) is 19.9. The van der Waals surface area contributed by atoms with Gasteiger partial charge in [0, 0.05) is 6.54 Å². The van der Waals surface area contributed by atoms with Gasteiger partial charge in [-0.1, -0.05) is 17.8 Å². The normalized spacial score (nSPS) is 11.3. The summed E-state index contributed by atoms with van der Waals surface area (Å²) in [5.74, 6) is -0.540. The Morgan fingerprint density at radius 3 is 2.63 bits per heavy atom. The van der Waals surface area contributed by atoms with E-state index >= 15 is 0 Å². The minimum atomic E-state index is -4.46. The second kappa shape index (κ2) is 9.40. The monoisotopic (exact) mass is 404 g/mol. The van der Waals surface area contributed by atoms with Crippen molar-refractivity contribution in [2.75, 3.05) is 12.3 Å². The maximum absolute atomic E-state index is 12.9. The molecule has 0 fully saturated rings. The average molecular weight is 404 g/mol. The summed E-state index contributed by atoms with van der Waals surface area (Å²) in [6, 6.07) is 5.43. The molecule has 0 unspecified atom stereocenters. The maximum atomic E-state index is 12.9. The first-order valence-electron chi connectivity index (χ1n) is 7.66. The van der Waals surface area contributed by atoms with E-state index in [-0.39, 0.29) is 18.2 Å². The predicted molar refractivity (Wildman–Crippen MR) is 90.7 cm³/mol. The quantitative estimate of drug-likeness (QED) is 0.395. The highest BCUT2D eigenvalue weighted by atomic mass is 32.2. The number of ether oxygens (including phenoxy) is 1. The first kappa shape index (κ1) is 20.7. The molecule has 1 aromatic carbocycles. The number of halogens is 4. The van der Waals surface area contributed by atoms with E-state index in [4.69, 9.17) is 4.74 Å². The fourth-order valence-electron chi connectivity index (χ4n) is 1.90. The van der Waals surface area contributed by atoms with Gasteiger partial charge in [-0.3, -0.25) is 9.36 Å². The second-order valence-corrected chi connectivity index (χ2v) is 6.16. The SMILES string of the molecule is C=CCn1c(COc2ccc(F)cc2)nnc1SCC(=O)NCC(F)(F)F. The number of carbonyl (C=O) groups is 1. The van der Waals surface area contributed by atoms with Crippen LogP contribution >= 0.6 is 11.8 Å². The number of amides is 1. The van der Waals surface area contributed by atoms with Crippen molar-refractivity contribution in [3.8, 4) is 5.75 Å². The third kappa shape index (κ3) is 6.93. The highest BCUT2D eigenvalue weighted by Crippen LogP contribution is 2.19. The van der Waals surface area contributed by atoms with Crippen molar-refractivity contribution in [2.24, 2.45) is 0 Å². The van der Waals surface area contributed by atoms with E-state index in [1.54, 1.807) is 16.0 Å². The number of carbonyl (C=O) groups excluding carboxylic acids is 1. The third-order valence-electron chi connectivity index (χ3n) is 3.11. The zero-order valence-electron chi connectivity index (χ0n) is 14.0. The van der Waals surface area contributed by atoms with Crippen LogP contribution < -0.4 is 10.1 Å². The molecule has 11 heteroatoms.